The molecule has 0 unspecified atom stereocenters. The Bertz CT molecular complexity index is 1230. The lowest BCUT2D eigenvalue weighted by Gasteiger charge is -2.11. The summed E-state index contributed by atoms with van der Waals surface area (Å²) in [6.45, 7) is 4.19. The number of hydrogen-bond acceptors (Lipinski definition) is 7. The van der Waals surface area contributed by atoms with Crippen molar-refractivity contribution in [1.82, 2.24) is 19.7 Å². The molecule has 2 heterocycles. The van der Waals surface area contributed by atoms with Crippen LogP contribution in [0.4, 0.5) is 5.69 Å². The largest absolute Gasteiger partial charge is 0.495 e. The number of aryl methyl sites for hydroxylation is 1. The molecular weight excluding hydrogens is 426 g/mol. The predicted molar refractivity (Wildman–Crippen MR) is 122 cm³/mol. The number of benzene rings is 2. The number of nitrogens with one attached hydrogen (secondary N) is 1. The highest BCUT2D eigenvalue weighted by atomic mass is 32.2. The molecule has 0 spiro atoms. The fourth-order valence-electron chi connectivity index (χ4n) is 3.21. The normalized spacial score (nSPS) is 10.8. The van der Waals surface area contributed by atoms with Crippen LogP contribution in [0.2, 0.25) is 0 Å². The van der Waals surface area contributed by atoms with E-state index in [1.807, 2.05) is 29.0 Å². The van der Waals surface area contributed by atoms with Gasteiger partial charge in [0.25, 0.3) is 0 Å². The van der Waals surface area contributed by atoms with Gasteiger partial charge < -0.3 is 14.6 Å². The first-order valence-electron chi connectivity index (χ1n) is 10.0. The molecule has 0 fully saturated rings. The molecule has 0 aliphatic carbocycles. The van der Waals surface area contributed by atoms with E-state index in [-0.39, 0.29) is 12.3 Å². The second kappa shape index (κ2) is 9.69. The zero-order chi connectivity index (χ0) is 22.5. The molecule has 9 heteroatoms. The van der Waals surface area contributed by atoms with Crippen molar-refractivity contribution < 1.29 is 14.1 Å². The van der Waals surface area contributed by atoms with Gasteiger partial charge in [-0.15, -0.1) is 0 Å². The van der Waals surface area contributed by atoms with E-state index >= 15 is 0 Å². The maximum Gasteiger partial charge on any atom is 0.237 e. The topological polar surface area (TPSA) is 95.1 Å². The second-order valence-electron chi connectivity index (χ2n) is 7.12. The number of amides is 1. The average molecular weight is 450 g/mol. The standard InChI is InChI=1S/C23H23N5O3S/c1-15-7-6-9-18(16(15)2)28-12-11-24-23(28)32-14-22-26-20(27-31-22)13-21(29)25-17-8-4-5-10-19(17)30-3/h4-12H,13-14H2,1-3H3,(H,25,29). The molecule has 0 bridgehead atoms. The summed E-state index contributed by atoms with van der Waals surface area (Å²) in [5.74, 6) is 1.55. The molecule has 4 rings (SSSR count). The van der Waals surface area contributed by atoms with Gasteiger partial charge in [0.1, 0.15) is 5.75 Å². The summed E-state index contributed by atoms with van der Waals surface area (Å²) in [4.78, 5) is 21.2. The highest BCUT2D eigenvalue weighted by molar-refractivity contribution is 7.98. The van der Waals surface area contributed by atoms with E-state index in [0.717, 1.165) is 10.8 Å². The van der Waals surface area contributed by atoms with Crippen molar-refractivity contribution in [3.63, 3.8) is 0 Å². The Morgan fingerprint density at radius 2 is 2.03 bits per heavy atom. The smallest absolute Gasteiger partial charge is 0.237 e. The van der Waals surface area contributed by atoms with Crippen LogP contribution >= 0.6 is 11.8 Å². The molecule has 0 aliphatic heterocycles. The number of aromatic nitrogens is 4. The molecule has 0 atom stereocenters. The summed E-state index contributed by atoms with van der Waals surface area (Å²) in [7, 11) is 1.56. The van der Waals surface area contributed by atoms with E-state index < -0.39 is 0 Å². The molecule has 164 valence electrons. The first-order chi connectivity index (χ1) is 15.5. The van der Waals surface area contributed by atoms with Crippen molar-refractivity contribution in [3.05, 3.63) is 77.7 Å². The summed E-state index contributed by atoms with van der Waals surface area (Å²) in [6.07, 6.45) is 3.71. The van der Waals surface area contributed by atoms with Gasteiger partial charge in [0.05, 0.1) is 30.7 Å². The molecule has 8 nitrogen and oxygen atoms in total. The molecule has 0 aliphatic rings. The minimum absolute atomic E-state index is 0.00330. The zero-order valence-corrected chi connectivity index (χ0v) is 18.8. The highest BCUT2D eigenvalue weighted by Crippen LogP contribution is 2.26. The number of carbonyl (C=O) groups excluding carboxylic acids is 1. The SMILES string of the molecule is COc1ccccc1NC(=O)Cc1noc(CSc2nccn2-c2cccc(C)c2C)n1. The number of methoxy groups -OCH3 is 1. The first-order valence-corrected chi connectivity index (χ1v) is 11.0. The Morgan fingerprint density at radius 3 is 2.88 bits per heavy atom. The number of ether oxygens (including phenoxy) is 1. The number of nitrogens with zero attached hydrogens (tertiary/aromatic N) is 4. The van der Waals surface area contributed by atoms with Crippen LogP contribution in [-0.4, -0.2) is 32.7 Å². The Hall–Kier alpha value is -3.59. The third kappa shape index (κ3) is 4.83. The van der Waals surface area contributed by atoms with Gasteiger partial charge in [-0.2, -0.15) is 4.98 Å². The summed E-state index contributed by atoms with van der Waals surface area (Å²) < 4.78 is 12.6. The average Bonchev–Trinajstić information content (AvgIpc) is 3.44. The number of imidazole rings is 1. The van der Waals surface area contributed by atoms with Crippen molar-refractivity contribution in [3.8, 4) is 11.4 Å². The minimum atomic E-state index is -0.250. The fourth-order valence-corrected chi connectivity index (χ4v) is 4.01. The molecule has 0 saturated heterocycles. The van der Waals surface area contributed by atoms with Gasteiger partial charge in [-0.1, -0.05) is 41.2 Å². The molecule has 2 aromatic carbocycles. The van der Waals surface area contributed by atoms with Gasteiger partial charge in [-0.3, -0.25) is 9.36 Å². The van der Waals surface area contributed by atoms with E-state index in [0.29, 0.717) is 28.9 Å². The van der Waals surface area contributed by atoms with E-state index in [1.165, 1.54) is 22.9 Å². The number of carbonyl (C=O) groups is 1. The van der Waals surface area contributed by atoms with Crippen molar-refractivity contribution in [2.45, 2.75) is 31.2 Å². The van der Waals surface area contributed by atoms with Crippen molar-refractivity contribution in [2.24, 2.45) is 0 Å². The minimum Gasteiger partial charge on any atom is -0.495 e. The molecule has 4 aromatic rings. The fraction of sp³-hybridized carbons (Fsp3) is 0.217. The number of anilines is 1. The molecule has 32 heavy (non-hydrogen) atoms. The van der Waals surface area contributed by atoms with Gasteiger partial charge in [-0.25, -0.2) is 4.98 Å². The molecule has 1 N–H and O–H groups in total. The number of thioether (sulfide) groups is 1. The Labute approximate surface area is 190 Å². The van der Waals surface area contributed by atoms with Crippen LogP contribution < -0.4 is 10.1 Å². The summed E-state index contributed by atoms with van der Waals surface area (Å²) in [5.41, 5.74) is 4.11. The quantitative estimate of drug-likeness (QED) is 0.400. The molecule has 1 amide bonds. The molecule has 0 saturated carbocycles. The molecule has 2 aromatic heterocycles. The van der Waals surface area contributed by atoms with Crippen LogP contribution in [0.25, 0.3) is 5.69 Å². The zero-order valence-electron chi connectivity index (χ0n) is 18.0. The van der Waals surface area contributed by atoms with Crippen LogP contribution in [0.1, 0.15) is 22.8 Å². The molecule has 0 radical (unpaired) electrons. The van der Waals surface area contributed by atoms with Gasteiger partial charge in [0.15, 0.2) is 11.0 Å². The third-order valence-corrected chi connectivity index (χ3v) is 5.93. The maximum absolute atomic E-state index is 12.4. The van der Waals surface area contributed by atoms with Crippen molar-refractivity contribution in [2.75, 3.05) is 12.4 Å². The van der Waals surface area contributed by atoms with Gasteiger partial charge in [0.2, 0.25) is 11.8 Å². The lowest BCUT2D eigenvalue weighted by molar-refractivity contribution is -0.115. The van der Waals surface area contributed by atoms with Crippen LogP contribution in [0.3, 0.4) is 0 Å². The maximum atomic E-state index is 12.4. The van der Waals surface area contributed by atoms with Gasteiger partial charge in [0, 0.05) is 12.4 Å². The second-order valence-corrected chi connectivity index (χ2v) is 8.06. The van der Waals surface area contributed by atoms with E-state index in [4.69, 9.17) is 9.26 Å². The Balaban J connectivity index is 1.38. The third-order valence-electron chi connectivity index (χ3n) is 4.98. The number of para-hydroxylation sites is 2. The number of rotatable bonds is 8. The van der Waals surface area contributed by atoms with Crippen LogP contribution in [0.15, 0.2) is 64.5 Å². The van der Waals surface area contributed by atoms with E-state index in [2.05, 4.69) is 46.4 Å². The van der Waals surface area contributed by atoms with Crippen LogP contribution in [-0.2, 0) is 17.0 Å². The van der Waals surface area contributed by atoms with Crippen LogP contribution in [0.5, 0.6) is 5.75 Å². The van der Waals surface area contributed by atoms with E-state index in [9.17, 15) is 4.79 Å². The van der Waals surface area contributed by atoms with Gasteiger partial charge >= 0.3 is 0 Å². The molecular formula is C23H23N5O3S. The van der Waals surface area contributed by atoms with Crippen molar-refractivity contribution >= 4 is 23.4 Å². The predicted octanol–water partition coefficient (Wildman–Crippen LogP) is 4.35. The van der Waals surface area contributed by atoms with Gasteiger partial charge in [-0.05, 0) is 43.2 Å². The summed E-state index contributed by atoms with van der Waals surface area (Å²) in [6, 6.07) is 13.4. The van der Waals surface area contributed by atoms with Crippen LogP contribution in [0, 0.1) is 13.8 Å². The van der Waals surface area contributed by atoms with Crippen molar-refractivity contribution in [1.29, 1.82) is 0 Å². The Morgan fingerprint density at radius 1 is 1.19 bits per heavy atom. The highest BCUT2D eigenvalue weighted by Gasteiger charge is 2.15. The lowest BCUT2D eigenvalue weighted by Crippen LogP contribution is -2.15. The van der Waals surface area contributed by atoms with E-state index in [1.54, 1.807) is 25.4 Å². The summed E-state index contributed by atoms with van der Waals surface area (Å²) in [5, 5.41) is 7.56. The number of hydrogen-bond donors (Lipinski definition) is 1. The Kier molecular flexibility index (Phi) is 6.55. The lowest BCUT2D eigenvalue weighted by atomic mass is 10.1. The summed E-state index contributed by atoms with van der Waals surface area (Å²) >= 11 is 1.49. The monoisotopic (exact) mass is 449 g/mol. The first kappa shape index (κ1) is 21.6.